The van der Waals surface area contributed by atoms with Crippen LogP contribution in [-0.4, -0.2) is 5.91 Å². The van der Waals surface area contributed by atoms with Crippen LogP contribution in [0.4, 0.5) is 5.69 Å². The number of benzene rings is 1. The van der Waals surface area contributed by atoms with Gasteiger partial charge in [-0.3, -0.25) is 4.79 Å². The van der Waals surface area contributed by atoms with E-state index in [-0.39, 0.29) is 5.91 Å². The normalized spacial score (nSPS) is 10.2. The van der Waals surface area contributed by atoms with E-state index in [0.29, 0.717) is 11.3 Å². The summed E-state index contributed by atoms with van der Waals surface area (Å²) in [6.45, 7) is 5.20. The first-order chi connectivity index (χ1) is 8.10. The fourth-order valence-corrected chi connectivity index (χ4v) is 1.60. The maximum atomic E-state index is 11.2. The van der Waals surface area contributed by atoms with E-state index in [1.54, 1.807) is 18.2 Å². The SMILES string of the molecule is C=CC(=O)Nc1ccc2c(C)cc(=O)oc2c1. The lowest BCUT2D eigenvalue weighted by atomic mass is 10.1. The van der Waals surface area contributed by atoms with E-state index in [1.165, 1.54) is 12.1 Å². The van der Waals surface area contributed by atoms with Crippen molar-refractivity contribution in [1.29, 1.82) is 0 Å². The molecule has 1 aromatic heterocycles. The number of hydrogen-bond donors (Lipinski definition) is 1. The molecule has 0 saturated heterocycles. The van der Waals surface area contributed by atoms with E-state index in [9.17, 15) is 9.59 Å². The highest BCUT2D eigenvalue weighted by Crippen LogP contribution is 2.20. The molecule has 86 valence electrons. The van der Waals surface area contributed by atoms with Gasteiger partial charge in [-0.05, 0) is 30.7 Å². The van der Waals surface area contributed by atoms with Crippen molar-refractivity contribution in [2.45, 2.75) is 6.92 Å². The van der Waals surface area contributed by atoms with Crippen molar-refractivity contribution in [1.82, 2.24) is 0 Å². The van der Waals surface area contributed by atoms with E-state index in [2.05, 4.69) is 11.9 Å². The minimum Gasteiger partial charge on any atom is -0.423 e. The van der Waals surface area contributed by atoms with Crippen LogP contribution in [-0.2, 0) is 4.79 Å². The first-order valence-electron chi connectivity index (χ1n) is 5.08. The van der Waals surface area contributed by atoms with E-state index in [4.69, 9.17) is 4.42 Å². The van der Waals surface area contributed by atoms with Gasteiger partial charge in [-0.2, -0.15) is 0 Å². The van der Waals surface area contributed by atoms with Crippen molar-refractivity contribution >= 4 is 22.6 Å². The molecule has 0 atom stereocenters. The summed E-state index contributed by atoms with van der Waals surface area (Å²) in [7, 11) is 0. The lowest BCUT2D eigenvalue weighted by Gasteiger charge is -2.04. The zero-order valence-corrected chi connectivity index (χ0v) is 9.32. The summed E-state index contributed by atoms with van der Waals surface area (Å²) in [6.07, 6.45) is 1.18. The molecule has 0 spiro atoms. The lowest BCUT2D eigenvalue weighted by Crippen LogP contribution is -2.07. The number of nitrogens with one attached hydrogen (secondary N) is 1. The third-order valence-electron chi connectivity index (χ3n) is 2.40. The predicted molar refractivity (Wildman–Crippen MR) is 66.0 cm³/mol. The van der Waals surface area contributed by atoms with Crippen LogP contribution in [0.2, 0.25) is 0 Å². The molecule has 1 N–H and O–H groups in total. The fraction of sp³-hybridized carbons (Fsp3) is 0.0769. The Morgan fingerprint density at radius 1 is 1.41 bits per heavy atom. The molecule has 2 aromatic rings. The molecular weight excluding hydrogens is 218 g/mol. The van der Waals surface area contributed by atoms with Gasteiger partial charge in [-0.1, -0.05) is 6.58 Å². The van der Waals surface area contributed by atoms with E-state index in [1.807, 2.05) is 6.92 Å². The Labute approximate surface area is 97.6 Å². The Balaban J connectivity index is 2.53. The van der Waals surface area contributed by atoms with Crippen LogP contribution >= 0.6 is 0 Å². The van der Waals surface area contributed by atoms with Crippen LogP contribution in [0.3, 0.4) is 0 Å². The molecule has 0 fully saturated rings. The lowest BCUT2D eigenvalue weighted by molar-refractivity contribution is -0.111. The standard InChI is InChI=1S/C13H11NO3/c1-3-12(15)14-9-4-5-10-8(2)6-13(16)17-11(10)7-9/h3-7H,1H2,2H3,(H,14,15). The first kappa shape index (κ1) is 11.1. The second-order valence-corrected chi connectivity index (χ2v) is 3.65. The molecule has 0 unspecified atom stereocenters. The van der Waals surface area contributed by atoms with Gasteiger partial charge in [0.05, 0.1) is 0 Å². The monoisotopic (exact) mass is 229 g/mol. The summed E-state index contributed by atoms with van der Waals surface area (Å²) in [4.78, 5) is 22.4. The van der Waals surface area contributed by atoms with E-state index in [0.717, 1.165) is 10.9 Å². The van der Waals surface area contributed by atoms with Crippen molar-refractivity contribution in [3.05, 3.63) is 52.9 Å². The van der Waals surface area contributed by atoms with Crippen molar-refractivity contribution < 1.29 is 9.21 Å². The van der Waals surface area contributed by atoms with Crippen LogP contribution < -0.4 is 10.9 Å². The second-order valence-electron chi connectivity index (χ2n) is 3.65. The molecule has 1 heterocycles. The molecule has 4 nitrogen and oxygen atoms in total. The summed E-state index contributed by atoms with van der Waals surface area (Å²) < 4.78 is 5.07. The molecule has 0 bridgehead atoms. The number of fused-ring (bicyclic) bond motifs is 1. The van der Waals surface area contributed by atoms with Crippen molar-refractivity contribution in [2.24, 2.45) is 0 Å². The summed E-state index contributed by atoms with van der Waals surface area (Å²) in [5.41, 5.74) is 1.47. The smallest absolute Gasteiger partial charge is 0.336 e. The molecule has 4 heteroatoms. The predicted octanol–water partition coefficient (Wildman–Crippen LogP) is 2.23. The molecule has 0 aliphatic heterocycles. The van der Waals surface area contributed by atoms with Crippen molar-refractivity contribution in [3.8, 4) is 0 Å². The Hall–Kier alpha value is -2.36. The molecule has 17 heavy (non-hydrogen) atoms. The van der Waals surface area contributed by atoms with Gasteiger partial charge in [0.25, 0.3) is 0 Å². The average molecular weight is 229 g/mol. The van der Waals surface area contributed by atoms with E-state index >= 15 is 0 Å². The minimum absolute atomic E-state index is 0.306. The molecule has 0 saturated carbocycles. The first-order valence-corrected chi connectivity index (χ1v) is 5.08. The van der Waals surface area contributed by atoms with Crippen LogP contribution in [0.25, 0.3) is 11.0 Å². The van der Waals surface area contributed by atoms with Gasteiger partial charge in [0.1, 0.15) is 5.58 Å². The highest BCUT2D eigenvalue weighted by Gasteiger charge is 2.04. The van der Waals surface area contributed by atoms with Gasteiger partial charge in [-0.15, -0.1) is 0 Å². The summed E-state index contributed by atoms with van der Waals surface area (Å²) >= 11 is 0. The van der Waals surface area contributed by atoms with E-state index < -0.39 is 5.63 Å². The van der Waals surface area contributed by atoms with Gasteiger partial charge >= 0.3 is 5.63 Å². The average Bonchev–Trinajstić information content (AvgIpc) is 2.28. The zero-order valence-electron chi connectivity index (χ0n) is 9.32. The van der Waals surface area contributed by atoms with Crippen LogP contribution in [0.15, 0.2) is 46.1 Å². The highest BCUT2D eigenvalue weighted by molar-refractivity contribution is 6.00. The van der Waals surface area contributed by atoms with Crippen LogP contribution in [0.1, 0.15) is 5.56 Å². The fourth-order valence-electron chi connectivity index (χ4n) is 1.60. The Bertz CT molecular complexity index is 655. The molecule has 0 aliphatic rings. The maximum Gasteiger partial charge on any atom is 0.336 e. The summed E-state index contributed by atoms with van der Waals surface area (Å²) in [5.74, 6) is -0.306. The second kappa shape index (κ2) is 4.25. The third kappa shape index (κ3) is 2.25. The molecule has 1 amide bonds. The minimum atomic E-state index is -0.401. The van der Waals surface area contributed by atoms with Gasteiger partial charge < -0.3 is 9.73 Å². The quantitative estimate of drug-likeness (QED) is 0.634. The molecule has 0 aliphatic carbocycles. The Morgan fingerprint density at radius 3 is 2.88 bits per heavy atom. The maximum absolute atomic E-state index is 11.2. The van der Waals surface area contributed by atoms with Gasteiger partial charge in [0.15, 0.2) is 0 Å². The highest BCUT2D eigenvalue weighted by atomic mass is 16.4. The molecule has 1 aromatic carbocycles. The third-order valence-corrected chi connectivity index (χ3v) is 2.40. The van der Waals surface area contributed by atoms with Gasteiger partial charge in [0.2, 0.25) is 5.91 Å². The molecular formula is C13H11NO3. The number of rotatable bonds is 2. The van der Waals surface area contributed by atoms with Crippen molar-refractivity contribution in [2.75, 3.05) is 5.32 Å². The molecule has 0 radical (unpaired) electrons. The Kier molecular flexibility index (Phi) is 2.78. The number of hydrogen-bond acceptors (Lipinski definition) is 3. The van der Waals surface area contributed by atoms with Gasteiger partial charge in [0, 0.05) is 23.2 Å². The summed E-state index contributed by atoms with van der Waals surface area (Å²) in [5, 5.41) is 3.45. The Morgan fingerprint density at radius 2 is 2.18 bits per heavy atom. The number of aryl methyl sites for hydroxylation is 1. The topological polar surface area (TPSA) is 59.3 Å². The van der Waals surface area contributed by atoms with Crippen LogP contribution in [0.5, 0.6) is 0 Å². The molecule has 2 rings (SSSR count). The largest absolute Gasteiger partial charge is 0.423 e. The van der Waals surface area contributed by atoms with Crippen LogP contribution in [0, 0.1) is 6.92 Å². The summed E-state index contributed by atoms with van der Waals surface area (Å²) in [6, 6.07) is 6.60. The zero-order chi connectivity index (χ0) is 12.4. The number of amides is 1. The number of carbonyl (C=O) groups excluding carboxylic acids is 1. The number of anilines is 1. The van der Waals surface area contributed by atoms with Gasteiger partial charge in [-0.25, -0.2) is 4.79 Å². The number of carbonyl (C=O) groups is 1. The van der Waals surface area contributed by atoms with Crippen molar-refractivity contribution in [3.63, 3.8) is 0 Å².